The van der Waals surface area contributed by atoms with Gasteiger partial charge in [0, 0.05) is 24.5 Å². The summed E-state index contributed by atoms with van der Waals surface area (Å²) in [4.78, 5) is 14.2. The molecule has 0 saturated carbocycles. The minimum absolute atomic E-state index is 0.0197. The van der Waals surface area contributed by atoms with E-state index >= 15 is 0 Å². The van der Waals surface area contributed by atoms with E-state index in [4.69, 9.17) is 11.6 Å². The lowest BCUT2D eigenvalue weighted by molar-refractivity contribution is 0.0948. The van der Waals surface area contributed by atoms with E-state index in [0.29, 0.717) is 18.0 Å². The minimum atomic E-state index is -0.0197. The van der Waals surface area contributed by atoms with E-state index < -0.39 is 0 Å². The van der Waals surface area contributed by atoms with Gasteiger partial charge in [-0.1, -0.05) is 26.0 Å². The number of alkyl halides is 1. The predicted octanol–water partition coefficient (Wildman–Crippen LogP) is 2.89. The Balaban J connectivity index is 2.37. The van der Waals surface area contributed by atoms with E-state index in [2.05, 4.69) is 24.1 Å². The highest BCUT2D eigenvalue weighted by atomic mass is 35.5. The van der Waals surface area contributed by atoms with E-state index in [1.165, 1.54) is 0 Å². The van der Waals surface area contributed by atoms with Crippen LogP contribution in [0.5, 0.6) is 0 Å². The number of halogens is 1. The zero-order valence-electron chi connectivity index (χ0n) is 11.8. The van der Waals surface area contributed by atoms with Crippen molar-refractivity contribution in [3.8, 4) is 0 Å². The van der Waals surface area contributed by atoms with Gasteiger partial charge in [0.05, 0.1) is 0 Å². The molecular formula is C15H23ClN2O. The fraction of sp³-hybridized carbons (Fsp3) is 0.533. The quantitative estimate of drug-likeness (QED) is 0.744. The van der Waals surface area contributed by atoms with Gasteiger partial charge in [0.1, 0.15) is 0 Å². The Morgan fingerprint density at radius 2 is 1.89 bits per heavy atom. The number of carbonyl (C=O) groups excluding carboxylic acids is 1. The average Bonchev–Trinajstić information content (AvgIpc) is 2.46. The maximum absolute atomic E-state index is 11.9. The number of carbonyl (C=O) groups is 1. The van der Waals surface area contributed by atoms with E-state index in [-0.39, 0.29) is 5.91 Å². The standard InChI is InChI=1S/C15H23ClN2O/c1-3-10-18(4-2)11-9-17-15(19)14-7-5-13(12-16)6-8-14/h5-8H,3-4,9-12H2,1-2H3,(H,17,19). The molecule has 0 heterocycles. The van der Waals surface area contributed by atoms with Crippen molar-refractivity contribution in [1.82, 2.24) is 10.2 Å². The van der Waals surface area contributed by atoms with Crippen molar-refractivity contribution in [3.05, 3.63) is 35.4 Å². The summed E-state index contributed by atoms with van der Waals surface area (Å²) in [7, 11) is 0. The van der Waals surface area contributed by atoms with Gasteiger partial charge in [-0.25, -0.2) is 0 Å². The lowest BCUT2D eigenvalue weighted by Crippen LogP contribution is -2.35. The monoisotopic (exact) mass is 282 g/mol. The lowest BCUT2D eigenvalue weighted by atomic mass is 10.1. The van der Waals surface area contributed by atoms with Crippen LogP contribution in [0.4, 0.5) is 0 Å². The molecule has 1 rings (SSSR count). The highest BCUT2D eigenvalue weighted by Crippen LogP contribution is 2.06. The number of amides is 1. The zero-order chi connectivity index (χ0) is 14.1. The van der Waals surface area contributed by atoms with Gasteiger partial charge in [0.25, 0.3) is 5.91 Å². The molecule has 4 heteroatoms. The Labute approximate surface area is 120 Å². The molecule has 0 aliphatic heterocycles. The number of likely N-dealkylation sites (N-methyl/N-ethyl adjacent to an activating group) is 1. The van der Waals surface area contributed by atoms with Crippen LogP contribution in [0, 0.1) is 0 Å². The number of benzene rings is 1. The topological polar surface area (TPSA) is 32.3 Å². The molecule has 106 valence electrons. The third kappa shape index (κ3) is 5.62. The molecule has 1 aromatic rings. The summed E-state index contributed by atoms with van der Waals surface area (Å²) in [5, 5.41) is 2.95. The van der Waals surface area contributed by atoms with Crippen LogP contribution in [-0.4, -0.2) is 37.0 Å². The summed E-state index contributed by atoms with van der Waals surface area (Å²) in [5.74, 6) is 0.457. The maximum atomic E-state index is 11.9. The summed E-state index contributed by atoms with van der Waals surface area (Å²) in [6.07, 6.45) is 1.14. The average molecular weight is 283 g/mol. The molecule has 0 radical (unpaired) electrons. The highest BCUT2D eigenvalue weighted by molar-refractivity contribution is 6.17. The molecule has 0 unspecified atom stereocenters. The first kappa shape index (κ1) is 16.0. The minimum Gasteiger partial charge on any atom is -0.351 e. The molecular weight excluding hydrogens is 260 g/mol. The van der Waals surface area contributed by atoms with Crippen molar-refractivity contribution in [2.75, 3.05) is 26.2 Å². The van der Waals surface area contributed by atoms with Gasteiger partial charge >= 0.3 is 0 Å². The number of nitrogens with one attached hydrogen (secondary N) is 1. The van der Waals surface area contributed by atoms with Crippen LogP contribution in [0.15, 0.2) is 24.3 Å². The summed E-state index contributed by atoms with van der Waals surface area (Å²) < 4.78 is 0. The molecule has 0 saturated heterocycles. The lowest BCUT2D eigenvalue weighted by Gasteiger charge is -2.19. The Kier molecular flexibility index (Phi) is 7.53. The molecule has 0 aromatic heterocycles. The van der Waals surface area contributed by atoms with Crippen molar-refractivity contribution in [2.24, 2.45) is 0 Å². The summed E-state index contributed by atoms with van der Waals surface area (Å²) in [5.41, 5.74) is 1.71. The van der Waals surface area contributed by atoms with Crippen molar-refractivity contribution in [2.45, 2.75) is 26.1 Å². The maximum Gasteiger partial charge on any atom is 0.251 e. The van der Waals surface area contributed by atoms with Crippen LogP contribution in [0.25, 0.3) is 0 Å². The second-order valence-corrected chi connectivity index (χ2v) is 4.79. The normalized spacial score (nSPS) is 10.7. The van der Waals surface area contributed by atoms with Crippen LogP contribution in [-0.2, 0) is 5.88 Å². The first-order chi connectivity index (χ1) is 9.21. The van der Waals surface area contributed by atoms with Crippen molar-refractivity contribution >= 4 is 17.5 Å². The first-order valence-electron chi connectivity index (χ1n) is 6.86. The molecule has 3 nitrogen and oxygen atoms in total. The van der Waals surface area contributed by atoms with Gasteiger partial charge in [-0.15, -0.1) is 11.6 Å². The first-order valence-corrected chi connectivity index (χ1v) is 7.40. The number of hydrogen-bond acceptors (Lipinski definition) is 2. The van der Waals surface area contributed by atoms with Crippen LogP contribution < -0.4 is 5.32 Å². The molecule has 0 atom stereocenters. The summed E-state index contributed by atoms with van der Waals surface area (Å²) >= 11 is 5.72. The smallest absolute Gasteiger partial charge is 0.251 e. The molecule has 0 bridgehead atoms. The Morgan fingerprint density at radius 1 is 1.21 bits per heavy atom. The molecule has 1 amide bonds. The third-order valence-corrected chi connectivity index (χ3v) is 3.38. The van der Waals surface area contributed by atoms with Crippen LogP contribution >= 0.6 is 11.6 Å². The van der Waals surface area contributed by atoms with Crippen LogP contribution in [0.2, 0.25) is 0 Å². The SMILES string of the molecule is CCCN(CC)CCNC(=O)c1ccc(CCl)cc1. The molecule has 1 N–H and O–H groups in total. The zero-order valence-corrected chi connectivity index (χ0v) is 12.5. The fourth-order valence-corrected chi connectivity index (χ4v) is 2.10. The Morgan fingerprint density at radius 3 is 2.42 bits per heavy atom. The second kappa shape index (κ2) is 8.94. The third-order valence-electron chi connectivity index (χ3n) is 3.07. The second-order valence-electron chi connectivity index (χ2n) is 4.52. The van der Waals surface area contributed by atoms with Crippen molar-refractivity contribution in [1.29, 1.82) is 0 Å². The molecule has 1 aromatic carbocycles. The van der Waals surface area contributed by atoms with E-state index in [1.807, 2.05) is 24.3 Å². The number of hydrogen-bond donors (Lipinski definition) is 1. The Hall–Kier alpha value is -1.06. The number of rotatable bonds is 8. The molecule has 0 aliphatic carbocycles. The van der Waals surface area contributed by atoms with Gasteiger partial charge in [-0.05, 0) is 37.2 Å². The van der Waals surface area contributed by atoms with Crippen molar-refractivity contribution < 1.29 is 4.79 Å². The van der Waals surface area contributed by atoms with E-state index in [9.17, 15) is 4.79 Å². The van der Waals surface area contributed by atoms with Gasteiger partial charge < -0.3 is 10.2 Å². The molecule has 19 heavy (non-hydrogen) atoms. The van der Waals surface area contributed by atoms with Gasteiger partial charge in [0.15, 0.2) is 0 Å². The van der Waals surface area contributed by atoms with Gasteiger partial charge in [-0.2, -0.15) is 0 Å². The van der Waals surface area contributed by atoms with Gasteiger partial charge in [0.2, 0.25) is 0 Å². The van der Waals surface area contributed by atoms with Crippen LogP contribution in [0.1, 0.15) is 36.2 Å². The number of nitrogens with zero attached hydrogens (tertiary/aromatic N) is 1. The van der Waals surface area contributed by atoms with Crippen molar-refractivity contribution in [3.63, 3.8) is 0 Å². The predicted molar refractivity (Wildman–Crippen MR) is 80.7 cm³/mol. The Bertz CT molecular complexity index is 378. The molecule has 0 aliphatic rings. The van der Waals surface area contributed by atoms with E-state index in [1.54, 1.807) is 0 Å². The fourth-order valence-electron chi connectivity index (χ4n) is 1.92. The summed E-state index contributed by atoms with van der Waals surface area (Å²) in [6.45, 7) is 7.99. The largest absolute Gasteiger partial charge is 0.351 e. The highest BCUT2D eigenvalue weighted by Gasteiger charge is 2.06. The van der Waals surface area contributed by atoms with E-state index in [0.717, 1.165) is 31.6 Å². The summed E-state index contributed by atoms with van der Waals surface area (Å²) in [6, 6.07) is 7.40. The molecule has 0 fully saturated rings. The molecule has 0 spiro atoms. The van der Waals surface area contributed by atoms with Crippen LogP contribution in [0.3, 0.4) is 0 Å². The van der Waals surface area contributed by atoms with Gasteiger partial charge in [-0.3, -0.25) is 4.79 Å².